The van der Waals surface area contributed by atoms with E-state index in [1.54, 1.807) is 0 Å². The minimum atomic E-state index is 0.0295. The van der Waals surface area contributed by atoms with Crippen molar-refractivity contribution in [3.63, 3.8) is 0 Å². The second-order valence-electron chi connectivity index (χ2n) is 6.29. The fourth-order valence-corrected chi connectivity index (χ4v) is 3.36. The molecule has 1 aromatic heterocycles. The number of hydrogen-bond donors (Lipinski definition) is 2. The largest absolute Gasteiger partial charge is 0.490 e. The van der Waals surface area contributed by atoms with Crippen molar-refractivity contribution in [2.24, 2.45) is 17.6 Å². The van der Waals surface area contributed by atoms with E-state index in [-0.39, 0.29) is 11.9 Å². The van der Waals surface area contributed by atoms with E-state index in [9.17, 15) is 0 Å². The van der Waals surface area contributed by atoms with Gasteiger partial charge in [-0.2, -0.15) is 0 Å². The van der Waals surface area contributed by atoms with Crippen LogP contribution in [0.4, 0.5) is 0 Å². The van der Waals surface area contributed by atoms with Crippen LogP contribution in [0.3, 0.4) is 0 Å². The smallest absolute Gasteiger partial charge is 0.134 e. The summed E-state index contributed by atoms with van der Waals surface area (Å²) in [7, 11) is 0. The monoisotopic (exact) mass is 275 g/mol. The van der Waals surface area contributed by atoms with E-state index in [1.165, 1.54) is 6.42 Å². The second kappa shape index (κ2) is 5.81. The summed E-state index contributed by atoms with van der Waals surface area (Å²) in [6.07, 6.45) is 3.63. The fourth-order valence-electron chi connectivity index (χ4n) is 3.36. The number of nitrogens with zero attached hydrogens (tertiary/aromatic N) is 1. The molecule has 1 heterocycles. The van der Waals surface area contributed by atoms with Gasteiger partial charge in [-0.3, -0.25) is 10.4 Å². The van der Waals surface area contributed by atoms with Gasteiger partial charge in [-0.1, -0.05) is 13.8 Å². The van der Waals surface area contributed by atoms with Crippen LogP contribution in [0, 0.1) is 31.1 Å². The van der Waals surface area contributed by atoms with Gasteiger partial charge < -0.3 is 10.5 Å². The van der Waals surface area contributed by atoms with Gasteiger partial charge in [0.25, 0.3) is 0 Å². The van der Waals surface area contributed by atoms with Gasteiger partial charge in [0.1, 0.15) is 11.6 Å². The lowest BCUT2D eigenvalue weighted by Crippen LogP contribution is -2.29. The van der Waals surface area contributed by atoms with Crippen molar-refractivity contribution < 1.29 is 4.74 Å². The minimum absolute atomic E-state index is 0.0295. The number of pyridine rings is 1. The molecule has 3 N–H and O–H groups in total. The number of nitrogens with one attached hydrogen (secondary N) is 1. The zero-order valence-corrected chi connectivity index (χ0v) is 12.9. The second-order valence-corrected chi connectivity index (χ2v) is 6.29. The van der Waals surface area contributed by atoms with Gasteiger partial charge in [-0.15, -0.1) is 0 Å². The number of nitrogen functional groups attached to an aromatic ring is 1. The van der Waals surface area contributed by atoms with Crippen LogP contribution in [0.1, 0.15) is 50.1 Å². The van der Waals surface area contributed by atoms with Gasteiger partial charge in [-0.05, 0) is 44.9 Å². The number of amidine groups is 1. The first-order chi connectivity index (χ1) is 9.36. The van der Waals surface area contributed by atoms with Crippen LogP contribution < -0.4 is 10.5 Å². The summed E-state index contributed by atoms with van der Waals surface area (Å²) in [5, 5.41) is 7.74. The maximum atomic E-state index is 7.74. The van der Waals surface area contributed by atoms with Crippen molar-refractivity contribution >= 4 is 5.84 Å². The Morgan fingerprint density at radius 3 is 2.40 bits per heavy atom. The quantitative estimate of drug-likeness (QED) is 0.657. The van der Waals surface area contributed by atoms with Crippen molar-refractivity contribution in [3.8, 4) is 5.75 Å². The summed E-state index contributed by atoms with van der Waals surface area (Å²) >= 11 is 0. The predicted molar refractivity (Wildman–Crippen MR) is 81.3 cm³/mol. The van der Waals surface area contributed by atoms with E-state index in [4.69, 9.17) is 15.9 Å². The van der Waals surface area contributed by atoms with Crippen LogP contribution in [0.15, 0.2) is 6.07 Å². The number of aryl methyl sites for hydroxylation is 2. The molecule has 1 fully saturated rings. The molecule has 4 heteroatoms. The Kier molecular flexibility index (Phi) is 4.31. The maximum Gasteiger partial charge on any atom is 0.134 e. The van der Waals surface area contributed by atoms with E-state index >= 15 is 0 Å². The van der Waals surface area contributed by atoms with Gasteiger partial charge in [0.15, 0.2) is 0 Å². The van der Waals surface area contributed by atoms with E-state index in [1.807, 2.05) is 19.9 Å². The third-order valence-electron chi connectivity index (χ3n) is 3.99. The van der Waals surface area contributed by atoms with Crippen LogP contribution in [-0.4, -0.2) is 16.9 Å². The van der Waals surface area contributed by atoms with Crippen molar-refractivity contribution in [2.75, 3.05) is 0 Å². The molecular weight excluding hydrogens is 250 g/mol. The molecule has 0 amide bonds. The third-order valence-corrected chi connectivity index (χ3v) is 3.99. The molecule has 0 aromatic carbocycles. The third kappa shape index (κ3) is 3.30. The van der Waals surface area contributed by atoms with Crippen LogP contribution in [-0.2, 0) is 0 Å². The zero-order chi connectivity index (χ0) is 14.9. The zero-order valence-electron chi connectivity index (χ0n) is 12.9. The van der Waals surface area contributed by atoms with E-state index in [0.29, 0.717) is 23.1 Å². The average Bonchev–Trinajstić information content (AvgIpc) is 2.25. The summed E-state index contributed by atoms with van der Waals surface area (Å²) in [5.41, 5.74) is 8.00. The Morgan fingerprint density at radius 1 is 1.25 bits per heavy atom. The Morgan fingerprint density at radius 2 is 1.85 bits per heavy atom. The summed E-state index contributed by atoms with van der Waals surface area (Å²) in [4.78, 5) is 4.38. The normalized spacial score (nSPS) is 26.3. The minimum Gasteiger partial charge on any atom is -0.490 e. The molecular formula is C16H25N3O. The first kappa shape index (κ1) is 14.8. The molecule has 1 aliphatic rings. The first-order valence-corrected chi connectivity index (χ1v) is 7.36. The Labute approximate surface area is 121 Å². The highest BCUT2D eigenvalue weighted by Crippen LogP contribution is 2.33. The average molecular weight is 275 g/mol. The molecule has 0 aliphatic heterocycles. The number of hydrogen-bond acceptors (Lipinski definition) is 3. The van der Waals surface area contributed by atoms with Crippen LogP contribution in [0.25, 0.3) is 0 Å². The standard InChI is InChI=1S/C16H25N3O/c1-9-5-10(2)7-13(6-9)20-14-8-11(3)19-12(4)15(14)16(17)18/h8-10,13H,5-7H2,1-4H3,(H3,17,18). The summed E-state index contributed by atoms with van der Waals surface area (Å²) in [6, 6.07) is 1.90. The highest BCUT2D eigenvalue weighted by Gasteiger charge is 2.26. The van der Waals surface area contributed by atoms with Crippen molar-refractivity contribution in [2.45, 2.75) is 53.1 Å². The van der Waals surface area contributed by atoms with Crippen LogP contribution in [0.2, 0.25) is 0 Å². The lowest BCUT2D eigenvalue weighted by molar-refractivity contribution is 0.101. The van der Waals surface area contributed by atoms with Gasteiger partial charge in [-0.25, -0.2) is 0 Å². The number of rotatable bonds is 3. The lowest BCUT2D eigenvalue weighted by atomic mass is 9.82. The fraction of sp³-hybridized carbons (Fsp3) is 0.625. The molecule has 2 atom stereocenters. The Bertz CT molecular complexity index is 503. The molecule has 20 heavy (non-hydrogen) atoms. The van der Waals surface area contributed by atoms with Crippen LogP contribution in [0.5, 0.6) is 5.75 Å². The van der Waals surface area contributed by atoms with Gasteiger partial charge >= 0.3 is 0 Å². The van der Waals surface area contributed by atoms with Gasteiger partial charge in [0.05, 0.1) is 17.4 Å². The molecule has 0 saturated heterocycles. The lowest BCUT2D eigenvalue weighted by Gasteiger charge is -2.32. The van der Waals surface area contributed by atoms with Crippen molar-refractivity contribution in [3.05, 3.63) is 23.0 Å². The molecule has 1 aromatic rings. The molecule has 0 radical (unpaired) electrons. The maximum absolute atomic E-state index is 7.74. The Balaban J connectivity index is 2.26. The molecule has 1 aliphatic carbocycles. The van der Waals surface area contributed by atoms with E-state index in [2.05, 4.69) is 18.8 Å². The number of nitrogens with two attached hydrogens (primary N) is 1. The highest BCUT2D eigenvalue weighted by molar-refractivity contribution is 5.98. The summed E-state index contributed by atoms with van der Waals surface area (Å²) in [5.74, 6) is 2.12. The number of aromatic nitrogens is 1. The highest BCUT2D eigenvalue weighted by atomic mass is 16.5. The van der Waals surface area contributed by atoms with Crippen molar-refractivity contribution in [1.29, 1.82) is 5.41 Å². The van der Waals surface area contributed by atoms with Crippen LogP contribution >= 0.6 is 0 Å². The summed E-state index contributed by atoms with van der Waals surface area (Å²) in [6.45, 7) is 8.38. The molecule has 2 rings (SSSR count). The Hall–Kier alpha value is -1.58. The van der Waals surface area contributed by atoms with E-state index in [0.717, 1.165) is 24.2 Å². The SMILES string of the molecule is Cc1cc(OC2CC(C)CC(C)C2)c(C(=N)N)c(C)n1. The summed E-state index contributed by atoms with van der Waals surface area (Å²) < 4.78 is 6.19. The molecule has 0 spiro atoms. The predicted octanol–water partition coefficient (Wildman–Crippen LogP) is 3.19. The van der Waals surface area contributed by atoms with Gasteiger partial charge in [0.2, 0.25) is 0 Å². The molecule has 4 nitrogen and oxygen atoms in total. The van der Waals surface area contributed by atoms with E-state index < -0.39 is 0 Å². The topological polar surface area (TPSA) is 72.0 Å². The van der Waals surface area contributed by atoms with Crippen molar-refractivity contribution in [1.82, 2.24) is 4.98 Å². The molecule has 0 bridgehead atoms. The molecule has 110 valence electrons. The van der Waals surface area contributed by atoms with Gasteiger partial charge in [0, 0.05) is 11.8 Å². The molecule has 1 saturated carbocycles. The number of ether oxygens (including phenoxy) is 1. The molecule has 2 unspecified atom stereocenters. The first-order valence-electron chi connectivity index (χ1n) is 7.36.